The van der Waals surface area contributed by atoms with E-state index in [1.54, 1.807) is 30.3 Å². The number of hydrogen-bond acceptors (Lipinski definition) is 4. The van der Waals surface area contributed by atoms with Crippen molar-refractivity contribution < 1.29 is 13.2 Å². The Hall–Kier alpha value is -1.44. The first-order valence-corrected chi connectivity index (χ1v) is 8.97. The molecule has 0 bridgehead atoms. The van der Waals surface area contributed by atoms with Crippen LogP contribution >= 0.6 is 0 Å². The quantitative estimate of drug-likeness (QED) is 0.743. The molecule has 1 aromatic carbocycles. The van der Waals surface area contributed by atoms with Crippen LogP contribution in [0.15, 0.2) is 35.2 Å². The third-order valence-electron chi connectivity index (χ3n) is 3.81. The second-order valence-electron chi connectivity index (χ2n) is 5.41. The third-order valence-corrected chi connectivity index (χ3v) is 5.69. The summed E-state index contributed by atoms with van der Waals surface area (Å²) in [4.78, 5) is 12.4. The van der Waals surface area contributed by atoms with E-state index < -0.39 is 10.0 Å². The molecule has 1 unspecified atom stereocenters. The monoisotopic (exact) mass is 325 g/mol. The van der Waals surface area contributed by atoms with Crippen LogP contribution in [0.5, 0.6) is 0 Å². The van der Waals surface area contributed by atoms with E-state index in [1.165, 1.54) is 4.31 Å². The van der Waals surface area contributed by atoms with Crippen LogP contribution in [-0.2, 0) is 14.8 Å². The van der Waals surface area contributed by atoms with Gasteiger partial charge in [0, 0.05) is 26.2 Å². The molecular weight excluding hydrogens is 302 g/mol. The Morgan fingerprint density at radius 1 is 1.27 bits per heavy atom. The molecule has 0 radical (unpaired) electrons. The Bertz CT molecular complexity index is 589. The fourth-order valence-electron chi connectivity index (χ4n) is 2.57. The van der Waals surface area contributed by atoms with Crippen LogP contribution < -0.4 is 10.6 Å². The molecule has 0 aliphatic carbocycles. The zero-order valence-electron chi connectivity index (χ0n) is 12.8. The van der Waals surface area contributed by atoms with E-state index in [9.17, 15) is 13.2 Å². The van der Waals surface area contributed by atoms with Crippen molar-refractivity contribution >= 4 is 15.9 Å². The second-order valence-corrected chi connectivity index (χ2v) is 7.35. The summed E-state index contributed by atoms with van der Waals surface area (Å²) in [5, 5.41) is 5.80. The minimum atomic E-state index is -3.51. The molecule has 1 amide bonds. The number of sulfonamides is 1. The number of benzene rings is 1. The van der Waals surface area contributed by atoms with Gasteiger partial charge in [-0.25, -0.2) is 8.42 Å². The van der Waals surface area contributed by atoms with Crippen LogP contribution in [0.25, 0.3) is 0 Å². The van der Waals surface area contributed by atoms with E-state index in [2.05, 4.69) is 10.6 Å². The van der Waals surface area contributed by atoms with Gasteiger partial charge in [-0.05, 0) is 32.0 Å². The molecule has 122 valence electrons. The summed E-state index contributed by atoms with van der Waals surface area (Å²) in [6.45, 7) is 1.97. The number of nitrogens with one attached hydrogen (secondary N) is 2. The van der Waals surface area contributed by atoms with Gasteiger partial charge in [0.15, 0.2) is 0 Å². The van der Waals surface area contributed by atoms with Crippen molar-refractivity contribution in [2.45, 2.75) is 17.7 Å². The number of carbonyl (C=O) groups is 1. The highest BCUT2D eigenvalue weighted by Crippen LogP contribution is 2.23. The lowest BCUT2D eigenvalue weighted by Crippen LogP contribution is -2.46. The summed E-state index contributed by atoms with van der Waals surface area (Å²) >= 11 is 0. The van der Waals surface area contributed by atoms with E-state index in [0.717, 1.165) is 6.42 Å². The van der Waals surface area contributed by atoms with E-state index in [1.807, 2.05) is 7.05 Å². The van der Waals surface area contributed by atoms with Gasteiger partial charge in [0.05, 0.1) is 10.8 Å². The van der Waals surface area contributed by atoms with Gasteiger partial charge in [-0.15, -0.1) is 0 Å². The normalized spacial score (nSPS) is 19.8. The predicted molar refractivity (Wildman–Crippen MR) is 84.9 cm³/mol. The number of hydrogen-bond donors (Lipinski definition) is 2. The average molecular weight is 325 g/mol. The molecule has 6 nitrogen and oxygen atoms in total. The topological polar surface area (TPSA) is 78.5 Å². The van der Waals surface area contributed by atoms with Crippen molar-refractivity contribution in [1.29, 1.82) is 0 Å². The molecule has 1 aromatic rings. The Morgan fingerprint density at radius 2 is 2.00 bits per heavy atom. The van der Waals surface area contributed by atoms with Crippen LogP contribution in [0, 0.1) is 5.92 Å². The molecule has 2 N–H and O–H groups in total. The van der Waals surface area contributed by atoms with Gasteiger partial charge in [0.25, 0.3) is 0 Å². The second kappa shape index (κ2) is 7.71. The highest BCUT2D eigenvalue weighted by atomic mass is 32.2. The summed E-state index contributed by atoms with van der Waals surface area (Å²) in [5.41, 5.74) is 0. The highest BCUT2D eigenvalue weighted by Gasteiger charge is 2.32. The summed E-state index contributed by atoms with van der Waals surface area (Å²) in [6.07, 6.45) is 1.43. The first-order valence-electron chi connectivity index (χ1n) is 7.53. The van der Waals surface area contributed by atoms with Gasteiger partial charge in [0.1, 0.15) is 0 Å². The van der Waals surface area contributed by atoms with E-state index in [4.69, 9.17) is 0 Å². The van der Waals surface area contributed by atoms with Crippen LogP contribution in [0.2, 0.25) is 0 Å². The van der Waals surface area contributed by atoms with E-state index in [-0.39, 0.29) is 23.3 Å². The standard InChI is InChI=1S/C15H23N3O3S/c1-16-9-10-17-15(19)13-6-5-11-18(12-13)22(20,21)14-7-3-2-4-8-14/h2-4,7-8,13,16H,5-6,9-12H2,1H3,(H,17,19). The molecule has 7 heteroatoms. The Balaban J connectivity index is 2.03. The molecule has 1 heterocycles. The summed E-state index contributed by atoms with van der Waals surface area (Å²) in [7, 11) is -1.69. The van der Waals surface area contributed by atoms with Gasteiger partial charge in [0.2, 0.25) is 15.9 Å². The lowest BCUT2D eigenvalue weighted by atomic mass is 9.99. The zero-order chi connectivity index (χ0) is 16.0. The van der Waals surface area contributed by atoms with Gasteiger partial charge < -0.3 is 10.6 Å². The van der Waals surface area contributed by atoms with Crippen LogP contribution in [0.3, 0.4) is 0 Å². The van der Waals surface area contributed by atoms with Gasteiger partial charge >= 0.3 is 0 Å². The number of piperidine rings is 1. The molecule has 1 aliphatic heterocycles. The molecule has 1 fully saturated rings. The van der Waals surface area contributed by atoms with Crippen molar-refractivity contribution in [3.63, 3.8) is 0 Å². The van der Waals surface area contributed by atoms with Gasteiger partial charge in [-0.2, -0.15) is 4.31 Å². The molecule has 22 heavy (non-hydrogen) atoms. The number of amides is 1. The van der Waals surface area contributed by atoms with E-state index in [0.29, 0.717) is 26.1 Å². The Labute approximate surface area is 131 Å². The molecule has 1 aliphatic rings. The first-order chi connectivity index (χ1) is 10.6. The number of likely N-dealkylation sites (N-methyl/N-ethyl adjacent to an activating group) is 1. The van der Waals surface area contributed by atoms with Crippen molar-refractivity contribution in [3.05, 3.63) is 30.3 Å². The smallest absolute Gasteiger partial charge is 0.243 e. The molecule has 1 saturated heterocycles. The fraction of sp³-hybridized carbons (Fsp3) is 0.533. The number of carbonyl (C=O) groups excluding carboxylic acids is 1. The maximum atomic E-state index is 12.6. The SMILES string of the molecule is CNCCNC(=O)C1CCCN(S(=O)(=O)c2ccccc2)C1. The molecule has 2 rings (SSSR count). The maximum Gasteiger partial charge on any atom is 0.243 e. The number of nitrogens with zero attached hydrogens (tertiary/aromatic N) is 1. The summed E-state index contributed by atoms with van der Waals surface area (Å²) < 4.78 is 26.6. The van der Waals surface area contributed by atoms with Crippen molar-refractivity contribution in [1.82, 2.24) is 14.9 Å². The molecule has 0 saturated carbocycles. The molecule has 0 spiro atoms. The van der Waals surface area contributed by atoms with Crippen molar-refractivity contribution in [2.24, 2.45) is 5.92 Å². The summed E-state index contributed by atoms with van der Waals surface area (Å²) in [5.74, 6) is -0.340. The third kappa shape index (κ3) is 4.06. The molecule has 1 atom stereocenters. The van der Waals surface area contributed by atoms with Crippen LogP contribution in [0.4, 0.5) is 0 Å². The average Bonchev–Trinajstić information content (AvgIpc) is 2.56. The number of rotatable bonds is 6. The molecule has 0 aromatic heterocycles. The van der Waals surface area contributed by atoms with Crippen LogP contribution in [-0.4, -0.2) is 51.9 Å². The molecular formula is C15H23N3O3S. The fourth-order valence-corrected chi connectivity index (χ4v) is 4.12. The van der Waals surface area contributed by atoms with E-state index >= 15 is 0 Å². The largest absolute Gasteiger partial charge is 0.355 e. The van der Waals surface area contributed by atoms with Crippen LogP contribution in [0.1, 0.15) is 12.8 Å². The predicted octanol–water partition coefficient (Wildman–Crippen LogP) is 0.423. The van der Waals surface area contributed by atoms with Crippen molar-refractivity contribution in [3.8, 4) is 0 Å². The Kier molecular flexibility index (Phi) is 5.93. The first kappa shape index (κ1) is 16.9. The zero-order valence-corrected chi connectivity index (χ0v) is 13.6. The summed E-state index contributed by atoms with van der Waals surface area (Å²) in [6, 6.07) is 8.38. The minimum Gasteiger partial charge on any atom is -0.355 e. The maximum absolute atomic E-state index is 12.6. The highest BCUT2D eigenvalue weighted by molar-refractivity contribution is 7.89. The lowest BCUT2D eigenvalue weighted by Gasteiger charge is -2.31. The van der Waals surface area contributed by atoms with Gasteiger partial charge in [-0.3, -0.25) is 4.79 Å². The van der Waals surface area contributed by atoms with Gasteiger partial charge in [-0.1, -0.05) is 18.2 Å². The Morgan fingerprint density at radius 3 is 2.68 bits per heavy atom. The van der Waals surface area contributed by atoms with Crippen molar-refractivity contribution in [2.75, 3.05) is 33.2 Å². The lowest BCUT2D eigenvalue weighted by molar-refractivity contribution is -0.126. The minimum absolute atomic E-state index is 0.0665.